The molecule has 0 unspecified atom stereocenters. The number of ether oxygens (including phenoxy) is 11. The molecule has 0 fully saturated rings. The monoisotopic (exact) mass is 802 g/mol. The number of benzene rings is 1. The van der Waals surface area contributed by atoms with E-state index in [2.05, 4.69) is 19.2 Å². The van der Waals surface area contributed by atoms with Gasteiger partial charge in [0.15, 0.2) is 0 Å². The summed E-state index contributed by atoms with van der Waals surface area (Å²) >= 11 is 0. The number of hydrogen-bond acceptors (Lipinski definition) is 13. The van der Waals surface area contributed by atoms with Gasteiger partial charge >= 0.3 is 5.97 Å². The molecule has 0 bridgehead atoms. The first-order valence-corrected chi connectivity index (χ1v) is 21.6. The van der Waals surface area contributed by atoms with Gasteiger partial charge in [0.25, 0.3) is 0 Å². The predicted molar refractivity (Wildman–Crippen MR) is 220 cm³/mol. The molecular formula is C43H79NO12. The molecule has 13 heteroatoms. The van der Waals surface area contributed by atoms with Crippen LogP contribution in [0.15, 0.2) is 24.3 Å². The van der Waals surface area contributed by atoms with Crippen molar-refractivity contribution in [3.63, 3.8) is 0 Å². The Bertz CT molecular complexity index is 927. The van der Waals surface area contributed by atoms with Crippen LogP contribution >= 0.6 is 0 Å². The van der Waals surface area contributed by atoms with Crippen molar-refractivity contribution < 1.29 is 56.9 Å². The quantitative estimate of drug-likeness (QED) is 0.0530. The molecule has 0 aromatic heterocycles. The first-order chi connectivity index (χ1) is 27.8. The molecule has 56 heavy (non-hydrogen) atoms. The van der Waals surface area contributed by atoms with E-state index >= 15 is 0 Å². The van der Waals surface area contributed by atoms with E-state index in [-0.39, 0.29) is 12.6 Å². The van der Waals surface area contributed by atoms with Crippen LogP contribution in [0.1, 0.15) is 101 Å². The van der Waals surface area contributed by atoms with Crippen LogP contribution < -0.4 is 5.32 Å². The third kappa shape index (κ3) is 37.7. The average Bonchev–Trinajstić information content (AvgIpc) is 3.21. The minimum Gasteiger partial charge on any atom is -0.460 e. The second kappa shape index (κ2) is 44.2. The lowest BCUT2D eigenvalue weighted by Gasteiger charge is -2.09. The van der Waals surface area contributed by atoms with Crippen LogP contribution in [0.5, 0.6) is 0 Å². The van der Waals surface area contributed by atoms with E-state index in [0.717, 1.165) is 38.1 Å². The van der Waals surface area contributed by atoms with E-state index < -0.39 is 0 Å². The topological polar surface area (TPSA) is 131 Å². The zero-order valence-corrected chi connectivity index (χ0v) is 35.3. The fourth-order valence-corrected chi connectivity index (χ4v) is 5.18. The van der Waals surface area contributed by atoms with E-state index in [1.54, 1.807) is 12.1 Å². The van der Waals surface area contributed by atoms with Crippen molar-refractivity contribution in [1.29, 1.82) is 0 Å². The molecular weight excluding hydrogens is 722 g/mol. The molecule has 1 rings (SSSR count). The lowest BCUT2D eigenvalue weighted by Crippen LogP contribution is -2.15. The van der Waals surface area contributed by atoms with Gasteiger partial charge in [-0.1, -0.05) is 78.1 Å². The molecule has 1 N–H and O–H groups in total. The maximum absolute atomic E-state index is 12.1. The van der Waals surface area contributed by atoms with Gasteiger partial charge < -0.3 is 57.4 Å². The molecule has 0 aliphatic carbocycles. The maximum atomic E-state index is 12.1. The van der Waals surface area contributed by atoms with E-state index in [1.807, 2.05) is 12.1 Å². The Balaban J connectivity index is 1.66. The molecule has 0 radical (unpaired) electrons. The number of carbonyl (C=O) groups is 1. The Morgan fingerprint density at radius 3 is 1.04 bits per heavy atom. The highest BCUT2D eigenvalue weighted by atomic mass is 16.6. The predicted octanol–water partition coefficient (Wildman–Crippen LogP) is 7.14. The van der Waals surface area contributed by atoms with Crippen LogP contribution in [0.3, 0.4) is 0 Å². The van der Waals surface area contributed by atoms with Gasteiger partial charge in [-0.2, -0.15) is 0 Å². The van der Waals surface area contributed by atoms with Crippen molar-refractivity contribution in [1.82, 2.24) is 0 Å². The Morgan fingerprint density at radius 1 is 0.375 bits per heavy atom. The molecule has 0 saturated carbocycles. The number of nitrogens with one attached hydrogen (secondary N) is 1. The first-order valence-electron chi connectivity index (χ1n) is 21.6. The zero-order chi connectivity index (χ0) is 40.1. The van der Waals surface area contributed by atoms with Crippen molar-refractivity contribution in [2.24, 2.45) is 0 Å². The number of rotatable bonds is 46. The summed E-state index contributed by atoms with van der Waals surface area (Å²) < 4.78 is 60.5. The first kappa shape index (κ1) is 52.1. The van der Waals surface area contributed by atoms with E-state index in [1.165, 1.54) is 57.8 Å². The molecule has 0 amide bonds. The Morgan fingerprint density at radius 2 is 0.679 bits per heavy atom. The third-order valence-corrected chi connectivity index (χ3v) is 8.43. The lowest BCUT2D eigenvalue weighted by molar-refractivity contribution is -0.0271. The number of carbonyl (C=O) groups excluding carboxylic acids is 1. The fourth-order valence-electron chi connectivity index (χ4n) is 5.18. The largest absolute Gasteiger partial charge is 0.460 e. The van der Waals surface area contributed by atoms with E-state index in [4.69, 9.17) is 52.1 Å². The van der Waals surface area contributed by atoms with Crippen LogP contribution in [0.4, 0.5) is 5.69 Å². The second-order valence-electron chi connectivity index (χ2n) is 13.3. The van der Waals surface area contributed by atoms with Crippen LogP contribution in [0.25, 0.3) is 0 Å². The molecule has 0 aliphatic rings. The fraction of sp³-hybridized carbons (Fsp3) is 0.837. The average molecular weight is 802 g/mol. The van der Waals surface area contributed by atoms with Gasteiger partial charge in [0.2, 0.25) is 0 Å². The van der Waals surface area contributed by atoms with Crippen molar-refractivity contribution >= 4 is 11.7 Å². The summed E-state index contributed by atoms with van der Waals surface area (Å²) in [6.07, 6.45) is 15.6. The Hall–Kier alpha value is -1.91. The molecule has 0 saturated heterocycles. The van der Waals surface area contributed by atoms with Gasteiger partial charge in [-0.3, -0.25) is 0 Å². The highest BCUT2D eigenvalue weighted by Crippen LogP contribution is 2.12. The zero-order valence-electron chi connectivity index (χ0n) is 35.3. The van der Waals surface area contributed by atoms with E-state index in [0.29, 0.717) is 131 Å². The van der Waals surface area contributed by atoms with Crippen molar-refractivity contribution in [2.75, 3.05) is 151 Å². The standard InChI is InChI=1S/C43H79NO12/c1-3-5-7-8-9-10-11-12-13-14-20-46-21-22-47-23-24-48-25-26-49-27-28-50-29-30-51-31-32-52-33-34-53-35-36-54-37-38-55-39-40-56-43(45)41-15-17-42(18-16-41)44-19-6-4-2/h15-18,44H,3-14,19-40H2,1-2H3. The van der Waals surface area contributed by atoms with Crippen LogP contribution in [0, 0.1) is 0 Å². The lowest BCUT2D eigenvalue weighted by atomic mass is 10.1. The summed E-state index contributed by atoms with van der Waals surface area (Å²) in [6, 6.07) is 7.30. The van der Waals surface area contributed by atoms with E-state index in [9.17, 15) is 4.79 Å². The van der Waals surface area contributed by atoms with Crippen molar-refractivity contribution in [3.8, 4) is 0 Å². The normalized spacial score (nSPS) is 11.4. The Kier molecular flexibility index (Phi) is 41.1. The minimum absolute atomic E-state index is 0.192. The minimum atomic E-state index is -0.358. The van der Waals surface area contributed by atoms with Crippen molar-refractivity contribution in [3.05, 3.63) is 29.8 Å². The smallest absolute Gasteiger partial charge is 0.338 e. The second-order valence-corrected chi connectivity index (χ2v) is 13.3. The van der Waals surface area contributed by atoms with Gasteiger partial charge in [0.1, 0.15) is 6.61 Å². The van der Waals surface area contributed by atoms with Gasteiger partial charge in [0.05, 0.1) is 131 Å². The molecule has 0 aliphatic heterocycles. The molecule has 1 aromatic rings. The molecule has 0 heterocycles. The summed E-state index contributed by atoms with van der Waals surface area (Å²) in [4.78, 5) is 12.1. The summed E-state index contributed by atoms with van der Waals surface area (Å²) in [6.45, 7) is 15.9. The maximum Gasteiger partial charge on any atom is 0.338 e. The molecule has 328 valence electrons. The van der Waals surface area contributed by atoms with Gasteiger partial charge in [0, 0.05) is 18.8 Å². The summed E-state index contributed by atoms with van der Waals surface area (Å²) in [5.41, 5.74) is 1.52. The summed E-state index contributed by atoms with van der Waals surface area (Å²) in [5.74, 6) is -0.358. The van der Waals surface area contributed by atoms with Crippen molar-refractivity contribution in [2.45, 2.75) is 90.9 Å². The SMILES string of the molecule is CCCCCCCCCCCCOCCOCCOCCOCCOCCOCCOCCOCCOCCOCCOC(=O)c1ccc(NCCCC)cc1. The van der Waals surface area contributed by atoms with Crippen LogP contribution in [0.2, 0.25) is 0 Å². The molecule has 0 atom stereocenters. The molecule has 13 nitrogen and oxygen atoms in total. The molecule has 0 spiro atoms. The Labute approximate surface area is 339 Å². The number of esters is 1. The highest BCUT2D eigenvalue weighted by molar-refractivity contribution is 5.89. The number of hydrogen-bond donors (Lipinski definition) is 1. The van der Waals surface area contributed by atoms with Gasteiger partial charge in [-0.05, 0) is 37.1 Å². The summed E-state index contributed by atoms with van der Waals surface area (Å²) in [7, 11) is 0. The van der Waals surface area contributed by atoms with Crippen LogP contribution in [-0.2, 0) is 52.1 Å². The number of anilines is 1. The van der Waals surface area contributed by atoms with Gasteiger partial charge in [-0.25, -0.2) is 4.79 Å². The van der Waals surface area contributed by atoms with Gasteiger partial charge in [-0.15, -0.1) is 0 Å². The highest BCUT2D eigenvalue weighted by Gasteiger charge is 2.07. The van der Waals surface area contributed by atoms with Crippen LogP contribution in [-0.4, -0.2) is 151 Å². The third-order valence-electron chi connectivity index (χ3n) is 8.43. The molecule has 1 aromatic carbocycles. The summed E-state index contributed by atoms with van der Waals surface area (Å²) in [5, 5.41) is 3.32. The number of unbranched alkanes of at least 4 members (excludes halogenated alkanes) is 10.